The summed E-state index contributed by atoms with van der Waals surface area (Å²) < 4.78 is 5.23. The summed E-state index contributed by atoms with van der Waals surface area (Å²) in [5.74, 6) is 0.817. The Balaban J connectivity index is 1.85. The number of amides is 2. The Labute approximate surface area is 120 Å². The van der Waals surface area contributed by atoms with Gasteiger partial charge in [-0.25, -0.2) is 4.79 Å². The van der Waals surface area contributed by atoms with Gasteiger partial charge in [-0.1, -0.05) is 18.2 Å². The molecule has 0 saturated heterocycles. The quantitative estimate of drug-likeness (QED) is 0.829. The predicted octanol–water partition coefficient (Wildman–Crippen LogP) is 2.91. The summed E-state index contributed by atoms with van der Waals surface area (Å²) in [6.07, 6.45) is 7.46. The largest absolute Gasteiger partial charge is 0.497 e. The minimum atomic E-state index is -0.123. The van der Waals surface area contributed by atoms with Crippen LogP contribution in [0, 0.1) is 6.92 Å². The maximum atomic E-state index is 11.8. The molecule has 4 nitrogen and oxygen atoms in total. The van der Waals surface area contributed by atoms with E-state index in [0.717, 1.165) is 36.1 Å². The Hall–Kier alpha value is -1.97. The number of methoxy groups -OCH3 is 1. The van der Waals surface area contributed by atoms with Crippen molar-refractivity contribution in [3.8, 4) is 5.75 Å². The fourth-order valence-electron chi connectivity index (χ4n) is 2.38. The lowest BCUT2D eigenvalue weighted by Crippen LogP contribution is -2.41. The van der Waals surface area contributed by atoms with Crippen LogP contribution in [0.15, 0.2) is 30.4 Å². The van der Waals surface area contributed by atoms with Crippen LogP contribution < -0.4 is 15.4 Å². The van der Waals surface area contributed by atoms with Crippen LogP contribution in [0.1, 0.15) is 30.4 Å². The van der Waals surface area contributed by atoms with Gasteiger partial charge in [0, 0.05) is 12.6 Å². The average Bonchev–Trinajstić information content (AvgIpc) is 2.45. The van der Waals surface area contributed by atoms with Crippen molar-refractivity contribution in [3.05, 3.63) is 41.5 Å². The lowest BCUT2D eigenvalue weighted by molar-refractivity contribution is 0.237. The Bertz CT molecular complexity index is 497. The third-order valence-corrected chi connectivity index (χ3v) is 3.37. The molecule has 0 heterocycles. The SMILES string of the molecule is COc1cc(C)cc(CNC(=O)NC2C=CCCC2)c1. The highest BCUT2D eigenvalue weighted by Gasteiger charge is 2.11. The molecule has 1 atom stereocenters. The topological polar surface area (TPSA) is 50.4 Å². The molecule has 0 fully saturated rings. The first-order chi connectivity index (χ1) is 9.67. The molecule has 4 heteroatoms. The smallest absolute Gasteiger partial charge is 0.315 e. The maximum absolute atomic E-state index is 11.8. The number of urea groups is 1. The van der Waals surface area contributed by atoms with E-state index in [2.05, 4.69) is 22.8 Å². The predicted molar refractivity (Wildman–Crippen MR) is 79.9 cm³/mol. The van der Waals surface area contributed by atoms with Gasteiger partial charge in [0.15, 0.2) is 0 Å². The van der Waals surface area contributed by atoms with Crippen molar-refractivity contribution < 1.29 is 9.53 Å². The van der Waals surface area contributed by atoms with Crippen LogP contribution in [0.25, 0.3) is 0 Å². The first-order valence-corrected chi connectivity index (χ1v) is 7.03. The second-order valence-corrected chi connectivity index (χ2v) is 5.15. The molecule has 20 heavy (non-hydrogen) atoms. The molecular formula is C16H22N2O2. The van der Waals surface area contributed by atoms with Crippen molar-refractivity contribution >= 4 is 6.03 Å². The van der Waals surface area contributed by atoms with Gasteiger partial charge in [-0.3, -0.25) is 0 Å². The molecule has 0 spiro atoms. The second-order valence-electron chi connectivity index (χ2n) is 5.15. The van der Waals surface area contributed by atoms with Crippen molar-refractivity contribution in [2.45, 2.75) is 38.8 Å². The summed E-state index contributed by atoms with van der Waals surface area (Å²) >= 11 is 0. The van der Waals surface area contributed by atoms with E-state index < -0.39 is 0 Å². The van der Waals surface area contributed by atoms with Gasteiger partial charge in [-0.2, -0.15) is 0 Å². The van der Waals surface area contributed by atoms with E-state index in [4.69, 9.17) is 4.74 Å². The first kappa shape index (κ1) is 14.4. The van der Waals surface area contributed by atoms with Crippen molar-refractivity contribution in [3.63, 3.8) is 0 Å². The van der Waals surface area contributed by atoms with E-state index in [1.165, 1.54) is 0 Å². The Morgan fingerprint density at radius 2 is 2.25 bits per heavy atom. The molecule has 2 amide bonds. The number of ether oxygens (including phenoxy) is 1. The summed E-state index contributed by atoms with van der Waals surface area (Å²) in [6, 6.07) is 5.99. The molecule has 0 aromatic heterocycles. The highest BCUT2D eigenvalue weighted by Crippen LogP contribution is 2.16. The van der Waals surface area contributed by atoms with Gasteiger partial charge in [0.2, 0.25) is 0 Å². The number of hydrogen-bond donors (Lipinski definition) is 2. The maximum Gasteiger partial charge on any atom is 0.315 e. The number of carbonyl (C=O) groups is 1. The van der Waals surface area contributed by atoms with Gasteiger partial charge in [0.25, 0.3) is 0 Å². The number of aryl methyl sites for hydroxylation is 1. The van der Waals surface area contributed by atoms with Crippen molar-refractivity contribution in [1.82, 2.24) is 10.6 Å². The van der Waals surface area contributed by atoms with E-state index in [1.54, 1.807) is 7.11 Å². The molecule has 0 radical (unpaired) electrons. The van der Waals surface area contributed by atoms with Crippen molar-refractivity contribution in [2.24, 2.45) is 0 Å². The van der Waals surface area contributed by atoms with E-state index in [9.17, 15) is 4.79 Å². The summed E-state index contributed by atoms with van der Waals surface area (Å²) in [7, 11) is 1.65. The molecule has 1 aliphatic carbocycles. The van der Waals surface area contributed by atoms with Gasteiger partial charge >= 0.3 is 6.03 Å². The molecule has 0 saturated carbocycles. The first-order valence-electron chi connectivity index (χ1n) is 7.03. The van der Waals surface area contributed by atoms with Gasteiger partial charge in [0.1, 0.15) is 5.75 Å². The lowest BCUT2D eigenvalue weighted by atomic mass is 10.0. The minimum Gasteiger partial charge on any atom is -0.497 e. The summed E-state index contributed by atoms with van der Waals surface area (Å²) in [6.45, 7) is 2.51. The highest BCUT2D eigenvalue weighted by molar-refractivity contribution is 5.74. The van der Waals surface area contributed by atoms with Crippen molar-refractivity contribution in [1.29, 1.82) is 0 Å². The van der Waals surface area contributed by atoms with Crippen LogP contribution in [0.2, 0.25) is 0 Å². The number of benzene rings is 1. The zero-order valence-corrected chi connectivity index (χ0v) is 12.1. The number of nitrogens with one attached hydrogen (secondary N) is 2. The molecular weight excluding hydrogens is 252 g/mol. The highest BCUT2D eigenvalue weighted by atomic mass is 16.5. The third kappa shape index (κ3) is 4.30. The van der Waals surface area contributed by atoms with Gasteiger partial charge in [-0.05, 0) is 49.4 Å². The molecule has 0 bridgehead atoms. The Kier molecular flexibility index (Phi) is 5.04. The minimum absolute atomic E-state index is 0.123. The molecule has 2 rings (SSSR count). The lowest BCUT2D eigenvalue weighted by Gasteiger charge is -2.18. The van der Waals surface area contributed by atoms with E-state index in [0.29, 0.717) is 6.54 Å². The zero-order valence-electron chi connectivity index (χ0n) is 12.1. The van der Waals surface area contributed by atoms with E-state index in [1.807, 2.05) is 25.1 Å². The summed E-state index contributed by atoms with van der Waals surface area (Å²) in [5, 5.41) is 5.85. The number of allylic oxidation sites excluding steroid dienone is 1. The second kappa shape index (κ2) is 6.98. The molecule has 2 N–H and O–H groups in total. The Morgan fingerprint density at radius 1 is 1.40 bits per heavy atom. The average molecular weight is 274 g/mol. The molecule has 1 unspecified atom stereocenters. The normalized spacial score (nSPS) is 17.6. The molecule has 1 aromatic rings. The summed E-state index contributed by atoms with van der Waals surface area (Å²) in [4.78, 5) is 11.8. The van der Waals surface area contributed by atoms with Crippen LogP contribution in [0.3, 0.4) is 0 Å². The van der Waals surface area contributed by atoms with Crippen molar-refractivity contribution in [2.75, 3.05) is 7.11 Å². The van der Waals surface area contributed by atoms with Crippen LogP contribution in [-0.2, 0) is 6.54 Å². The third-order valence-electron chi connectivity index (χ3n) is 3.37. The molecule has 1 aliphatic rings. The van der Waals surface area contributed by atoms with Crippen LogP contribution >= 0.6 is 0 Å². The fraction of sp³-hybridized carbons (Fsp3) is 0.438. The van der Waals surface area contributed by atoms with Crippen LogP contribution in [-0.4, -0.2) is 19.2 Å². The van der Waals surface area contributed by atoms with Gasteiger partial charge in [0.05, 0.1) is 7.11 Å². The number of carbonyl (C=O) groups excluding carboxylic acids is 1. The van der Waals surface area contributed by atoms with Crippen LogP contribution in [0.4, 0.5) is 4.79 Å². The monoisotopic (exact) mass is 274 g/mol. The van der Waals surface area contributed by atoms with Gasteiger partial charge in [-0.15, -0.1) is 0 Å². The Morgan fingerprint density at radius 3 is 2.95 bits per heavy atom. The summed E-state index contributed by atoms with van der Waals surface area (Å²) in [5.41, 5.74) is 2.16. The van der Waals surface area contributed by atoms with Crippen LogP contribution in [0.5, 0.6) is 5.75 Å². The van der Waals surface area contributed by atoms with E-state index >= 15 is 0 Å². The number of hydrogen-bond acceptors (Lipinski definition) is 2. The van der Waals surface area contributed by atoms with E-state index in [-0.39, 0.29) is 12.1 Å². The fourth-order valence-corrected chi connectivity index (χ4v) is 2.38. The molecule has 108 valence electrons. The standard InChI is InChI=1S/C16H22N2O2/c1-12-8-13(10-15(9-12)20-2)11-17-16(19)18-14-6-4-3-5-7-14/h4,6,8-10,14H,3,5,7,11H2,1-2H3,(H2,17,18,19). The molecule has 1 aromatic carbocycles. The zero-order chi connectivity index (χ0) is 14.4. The van der Waals surface area contributed by atoms with Gasteiger partial charge < -0.3 is 15.4 Å². The number of rotatable bonds is 4. The molecule has 0 aliphatic heterocycles.